The van der Waals surface area contributed by atoms with Gasteiger partial charge in [-0.2, -0.15) is 0 Å². The third-order valence-corrected chi connectivity index (χ3v) is 7.81. The highest BCUT2D eigenvalue weighted by atomic mass is 32.1. The summed E-state index contributed by atoms with van der Waals surface area (Å²) in [5, 5.41) is 10.7. The molecule has 0 N–H and O–H groups in total. The van der Waals surface area contributed by atoms with Gasteiger partial charge in [0.1, 0.15) is 10.5 Å². The summed E-state index contributed by atoms with van der Waals surface area (Å²) in [6.45, 7) is 10.1. The number of hydrogen-bond acceptors (Lipinski definition) is 6. The number of anilines is 1. The maximum absolute atomic E-state index is 13.1. The van der Waals surface area contributed by atoms with Crippen LogP contribution in [0.15, 0.2) is 34.4 Å². The smallest absolute Gasteiger partial charge is 0.272 e. The van der Waals surface area contributed by atoms with Crippen LogP contribution < -0.4 is 10.5 Å². The van der Waals surface area contributed by atoms with Gasteiger partial charge < -0.3 is 9.80 Å². The van der Waals surface area contributed by atoms with E-state index in [1.807, 2.05) is 20.7 Å². The number of rotatable bonds is 7. The van der Waals surface area contributed by atoms with Crippen LogP contribution in [-0.4, -0.2) is 56.2 Å². The maximum atomic E-state index is 13.1. The van der Waals surface area contributed by atoms with E-state index in [0.717, 1.165) is 50.4 Å². The number of hydrogen-bond donors (Lipinski definition) is 0. The fourth-order valence-corrected chi connectivity index (χ4v) is 5.72. The second kappa shape index (κ2) is 9.81. The molecule has 9 heteroatoms. The lowest BCUT2D eigenvalue weighted by Gasteiger charge is -2.37. The van der Waals surface area contributed by atoms with Crippen LogP contribution >= 0.6 is 11.3 Å². The van der Waals surface area contributed by atoms with Crippen LogP contribution in [0.4, 0.5) is 5.69 Å². The van der Waals surface area contributed by atoms with Crippen LogP contribution in [0, 0.1) is 13.8 Å². The highest BCUT2D eigenvalue weighted by Crippen LogP contribution is 2.24. The molecule has 0 atom stereocenters. The molecule has 35 heavy (non-hydrogen) atoms. The Morgan fingerprint density at radius 3 is 2.66 bits per heavy atom. The van der Waals surface area contributed by atoms with Crippen molar-refractivity contribution in [3.63, 3.8) is 0 Å². The molecule has 1 fully saturated rings. The summed E-state index contributed by atoms with van der Waals surface area (Å²) in [6, 6.07) is 8.48. The van der Waals surface area contributed by atoms with Gasteiger partial charge in [-0.05, 0) is 48.9 Å². The monoisotopic (exact) mass is 492 g/mol. The first kappa shape index (κ1) is 23.5. The Morgan fingerprint density at radius 2 is 1.89 bits per heavy atom. The van der Waals surface area contributed by atoms with E-state index >= 15 is 0 Å². The highest BCUT2D eigenvalue weighted by molar-refractivity contribution is 7.17. The molecule has 0 spiro atoms. The summed E-state index contributed by atoms with van der Waals surface area (Å²) in [5.41, 5.74) is 4.61. The summed E-state index contributed by atoms with van der Waals surface area (Å²) in [4.78, 5) is 30.4. The number of nitrogens with zero attached hydrogens (tertiary/aromatic N) is 6. The second-order valence-corrected chi connectivity index (χ2v) is 10.3. The fraction of sp³-hybridized carbons (Fsp3) is 0.462. The quantitative estimate of drug-likeness (QED) is 0.392. The van der Waals surface area contributed by atoms with Crippen LogP contribution in [0.3, 0.4) is 0 Å². The molecule has 3 aromatic heterocycles. The molecule has 184 valence electrons. The predicted octanol–water partition coefficient (Wildman–Crippen LogP) is 3.80. The van der Waals surface area contributed by atoms with Gasteiger partial charge in [-0.3, -0.25) is 18.6 Å². The summed E-state index contributed by atoms with van der Waals surface area (Å²) in [6.07, 6.45) is 2.77. The van der Waals surface area contributed by atoms with Crippen LogP contribution in [0.1, 0.15) is 43.1 Å². The lowest BCUT2D eigenvalue weighted by Crippen LogP contribution is -2.49. The summed E-state index contributed by atoms with van der Waals surface area (Å²) < 4.78 is 4.41. The SMILES string of the molecule is CCCCn1c(=O)c2sccc2n2c(CCC(=O)N3CCN(c4cc(C)ccc4C)CC3)nnc12. The molecule has 0 unspecified atom stereocenters. The average Bonchev–Trinajstić information content (AvgIpc) is 3.51. The van der Waals surface area contributed by atoms with E-state index < -0.39 is 0 Å². The number of carbonyl (C=O) groups is 1. The van der Waals surface area contributed by atoms with Gasteiger partial charge in [-0.25, -0.2) is 0 Å². The molecule has 1 saturated heterocycles. The third kappa shape index (κ3) is 4.45. The number of fused-ring (bicyclic) bond motifs is 3. The van der Waals surface area contributed by atoms with Crippen molar-refractivity contribution < 1.29 is 4.79 Å². The Kier molecular flexibility index (Phi) is 6.60. The Hall–Kier alpha value is -3.20. The van der Waals surface area contributed by atoms with Crippen molar-refractivity contribution in [2.45, 2.75) is 53.0 Å². The van der Waals surface area contributed by atoms with Crippen molar-refractivity contribution in [3.05, 3.63) is 57.0 Å². The number of thiophene rings is 1. The number of amides is 1. The first-order valence-electron chi connectivity index (χ1n) is 12.4. The van der Waals surface area contributed by atoms with Gasteiger partial charge in [0.2, 0.25) is 11.7 Å². The molecule has 0 bridgehead atoms. The standard InChI is InChI=1S/C26H32N6O2S/c1-4-5-11-31-25(34)24-20(10-16-35-24)32-22(27-28-26(31)32)8-9-23(33)30-14-12-29(13-15-30)21-17-18(2)6-7-19(21)3/h6-7,10,16-17H,4-5,8-9,11-15H2,1-3H3. The normalized spacial score (nSPS) is 14.4. The highest BCUT2D eigenvalue weighted by Gasteiger charge is 2.23. The third-order valence-electron chi connectivity index (χ3n) is 6.91. The number of aromatic nitrogens is 4. The number of aryl methyl sites for hydroxylation is 4. The zero-order chi connectivity index (χ0) is 24.5. The first-order chi connectivity index (χ1) is 17.0. The van der Waals surface area contributed by atoms with Crippen molar-refractivity contribution in [2.75, 3.05) is 31.1 Å². The van der Waals surface area contributed by atoms with Gasteiger partial charge >= 0.3 is 0 Å². The largest absolute Gasteiger partial charge is 0.368 e. The lowest BCUT2D eigenvalue weighted by atomic mass is 10.1. The zero-order valence-corrected chi connectivity index (χ0v) is 21.5. The van der Waals surface area contributed by atoms with Crippen molar-refractivity contribution in [3.8, 4) is 0 Å². The topological polar surface area (TPSA) is 75.7 Å². The van der Waals surface area contributed by atoms with E-state index in [1.165, 1.54) is 28.2 Å². The molecule has 4 heterocycles. The van der Waals surface area contributed by atoms with E-state index in [1.54, 1.807) is 4.57 Å². The minimum atomic E-state index is -0.00676. The van der Waals surface area contributed by atoms with E-state index in [-0.39, 0.29) is 11.5 Å². The summed E-state index contributed by atoms with van der Waals surface area (Å²) in [5.74, 6) is 1.44. The molecule has 1 amide bonds. The van der Waals surface area contributed by atoms with Gasteiger partial charge in [0, 0.05) is 51.3 Å². The molecule has 5 rings (SSSR count). The van der Waals surface area contributed by atoms with Crippen molar-refractivity contribution in [1.82, 2.24) is 24.1 Å². The van der Waals surface area contributed by atoms with Crippen molar-refractivity contribution in [1.29, 1.82) is 0 Å². The van der Waals surface area contributed by atoms with Gasteiger partial charge in [-0.15, -0.1) is 21.5 Å². The van der Waals surface area contributed by atoms with E-state index in [4.69, 9.17) is 0 Å². The van der Waals surface area contributed by atoms with E-state index in [0.29, 0.717) is 29.9 Å². The number of carbonyl (C=O) groups excluding carboxylic acids is 1. The molecule has 1 aliphatic heterocycles. The van der Waals surface area contributed by atoms with E-state index in [2.05, 4.69) is 54.1 Å². The van der Waals surface area contributed by atoms with Gasteiger partial charge in [-0.1, -0.05) is 25.5 Å². The molecule has 0 aliphatic carbocycles. The van der Waals surface area contributed by atoms with Crippen LogP contribution in [0.2, 0.25) is 0 Å². The molecule has 0 radical (unpaired) electrons. The maximum Gasteiger partial charge on any atom is 0.272 e. The Labute approximate surface area is 208 Å². The summed E-state index contributed by atoms with van der Waals surface area (Å²) in [7, 11) is 0. The lowest BCUT2D eigenvalue weighted by molar-refractivity contribution is -0.131. The molecule has 0 saturated carbocycles. The number of piperazine rings is 1. The van der Waals surface area contributed by atoms with Gasteiger partial charge in [0.25, 0.3) is 5.56 Å². The number of benzene rings is 1. The van der Waals surface area contributed by atoms with Crippen LogP contribution in [0.5, 0.6) is 0 Å². The first-order valence-corrected chi connectivity index (χ1v) is 13.3. The molecule has 8 nitrogen and oxygen atoms in total. The van der Waals surface area contributed by atoms with Crippen LogP contribution in [-0.2, 0) is 17.8 Å². The minimum absolute atomic E-state index is 0.00676. The minimum Gasteiger partial charge on any atom is -0.368 e. The number of unbranched alkanes of at least 4 members (excludes halogenated alkanes) is 1. The fourth-order valence-electron chi connectivity index (χ4n) is 4.89. The zero-order valence-electron chi connectivity index (χ0n) is 20.7. The Morgan fingerprint density at radius 1 is 1.09 bits per heavy atom. The Balaban J connectivity index is 1.29. The second-order valence-electron chi connectivity index (χ2n) is 9.35. The molecule has 1 aliphatic rings. The van der Waals surface area contributed by atoms with Crippen LogP contribution in [0.25, 0.3) is 16.0 Å². The van der Waals surface area contributed by atoms with Crippen molar-refractivity contribution >= 4 is 38.9 Å². The predicted molar refractivity (Wildman–Crippen MR) is 141 cm³/mol. The molecular weight excluding hydrogens is 460 g/mol. The van der Waals surface area contributed by atoms with E-state index in [9.17, 15) is 9.59 Å². The van der Waals surface area contributed by atoms with Gasteiger partial charge in [0.05, 0.1) is 5.52 Å². The molecule has 1 aromatic carbocycles. The van der Waals surface area contributed by atoms with Crippen molar-refractivity contribution in [2.24, 2.45) is 0 Å². The summed E-state index contributed by atoms with van der Waals surface area (Å²) >= 11 is 1.45. The average molecular weight is 493 g/mol. The van der Waals surface area contributed by atoms with Gasteiger partial charge in [0.15, 0.2) is 0 Å². The molecular formula is C26H32N6O2S. The molecule has 4 aromatic rings. The Bertz CT molecular complexity index is 1430.